The first-order chi connectivity index (χ1) is 9.79. The lowest BCUT2D eigenvalue weighted by Crippen LogP contribution is -2.22. The maximum Gasteiger partial charge on any atom is 0.261 e. The fraction of sp³-hybridized carbons (Fsp3) is 0. The fourth-order valence-corrected chi connectivity index (χ4v) is 2.98. The second-order valence-corrected chi connectivity index (χ2v) is 6.62. The van der Waals surface area contributed by atoms with Gasteiger partial charge < -0.3 is 15.0 Å². The van der Waals surface area contributed by atoms with Crippen LogP contribution in [0.1, 0.15) is 10.4 Å². The SMILES string of the molecule is O=C([O-])c1ccc(S(=O)(=O)Nc2ccc(O)c(Br)c2)cc1. The first-order valence-corrected chi connectivity index (χ1v) is 7.90. The third-order valence-electron chi connectivity index (χ3n) is 2.60. The number of sulfonamides is 1. The lowest BCUT2D eigenvalue weighted by atomic mass is 10.2. The highest BCUT2D eigenvalue weighted by molar-refractivity contribution is 9.10. The van der Waals surface area contributed by atoms with Crippen molar-refractivity contribution < 1.29 is 23.4 Å². The van der Waals surface area contributed by atoms with Crippen LogP contribution in [0.2, 0.25) is 0 Å². The van der Waals surface area contributed by atoms with Crippen LogP contribution in [-0.2, 0) is 10.0 Å². The lowest BCUT2D eigenvalue weighted by molar-refractivity contribution is -0.255. The summed E-state index contributed by atoms with van der Waals surface area (Å²) in [5.41, 5.74) is 0.144. The van der Waals surface area contributed by atoms with Crippen LogP contribution in [0.15, 0.2) is 51.8 Å². The van der Waals surface area contributed by atoms with E-state index in [1.807, 2.05) is 0 Å². The zero-order valence-electron chi connectivity index (χ0n) is 10.4. The molecule has 8 heteroatoms. The molecule has 0 aromatic heterocycles. The second kappa shape index (κ2) is 5.74. The average molecular weight is 371 g/mol. The number of carboxylic acids is 1. The van der Waals surface area contributed by atoms with Gasteiger partial charge in [0.2, 0.25) is 0 Å². The number of rotatable bonds is 4. The summed E-state index contributed by atoms with van der Waals surface area (Å²) in [7, 11) is -3.85. The summed E-state index contributed by atoms with van der Waals surface area (Å²) in [6.07, 6.45) is 0. The van der Waals surface area contributed by atoms with Crippen molar-refractivity contribution in [3.63, 3.8) is 0 Å². The van der Waals surface area contributed by atoms with E-state index in [2.05, 4.69) is 20.7 Å². The molecule has 110 valence electrons. The molecule has 0 spiro atoms. The van der Waals surface area contributed by atoms with E-state index >= 15 is 0 Å². The van der Waals surface area contributed by atoms with Crippen molar-refractivity contribution >= 4 is 37.6 Å². The molecule has 0 aliphatic carbocycles. The van der Waals surface area contributed by atoms with Gasteiger partial charge in [0, 0.05) is 0 Å². The van der Waals surface area contributed by atoms with Crippen LogP contribution in [0, 0.1) is 0 Å². The van der Waals surface area contributed by atoms with Crippen LogP contribution in [-0.4, -0.2) is 19.5 Å². The molecule has 0 aliphatic rings. The Morgan fingerprint density at radius 2 is 1.76 bits per heavy atom. The van der Waals surface area contributed by atoms with Gasteiger partial charge in [-0.1, -0.05) is 12.1 Å². The van der Waals surface area contributed by atoms with Crippen molar-refractivity contribution in [3.8, 4) is 5.75 Å². The molecule has 2 aromatic rings. The largest absolute Gasteiger partial charge is 0.545 e. The van der Waals surface area contributed by atoms with Gasteiger partial charge in [0.05, 0.1) is 21.0 Å². The summed E-state index contributed by atoms with van der Waals surface area (Å²) in [6.45, 7) is 0. The molecule has 0 saturated carbocycles. The Hall–Kier alpha value is -2.06. The monoisotopic (exact) mass is 370 g/mol. The summed E-state index contributed by atoms with van der Waals surface area (Å²) in [5.74, 6) is -1.40. The smallest absolute Gasteiger partial charge is 0.261 e. The van der Waals surface area contributed by atoms with Crippen LogP contribution in [0.4, 0.5) is 5.69 Å². The van der Waals surface area contributed by atoms with Crippen LogP contribution >= 0.6 is 15.9 Å². The number of benzene rings is 2. The van der Waals surface area contributed by atoms with Crippen molar-refractivity contribution in [1.29, 1.82) is 0 Å². The normalized spacial score (nSPS) is 11.1. The maximum atomic E-state index is 12.1. The molecule has 0 aliphatic heterocycles. The molecule has 6 nitrogen and oxygen atoms in total. The number of aromatic carboxylic acids is 1. The quantitative estimate of drug-likeness (QED) is 0.789. The van der Waals surface area contributed by atoms with Gasteiger partial charge in [-0.05, 0) is 51.8 Å². The second-order valence-electron chi connectivity index (χ2n) is 4.08. The van der Waals surface area contributed by atoms with Gasteiger partial charge in [0.15, 0.2) is 0 Å². The molecule has 2 N–H and O–H groups in total. The number of halogens is 1. The Bertz CT molecular complexity index is 787. The summed E-state index contributed by atoms with van der Waals surface area (Å²) >= 11 is 3.08. The number of phenols is 1. The Kier molecular flexibility index (Phi) is 4.19. The van der Waals surface area contributed by atoms with E-state index in [1.54, 1.807) is 0 Å². The summed E-state index contributed by atoms with van der Waals surface area (Å²) in [6, 6.07) is 8.77. The van der Waals surface area contributed by atoms with Crippen molar-refractivity contribution in [2.24, 2.45) is 0 Å². The predicted molar refractivity (Wildman–Crippen MR) is 77.4 cm³/mol. The topological polar surface area (TPSA) is 107 Å². The van der Waals surface area contributed by atoms with Gasteiger partial charge in [0.1, 0.15) is 5.75 Å². The highest BCUT2D eigenvalue weighted by atomic mass is 79.9. The molecule has 2 rings (SSSR count). The molecule has 0 bridgehead atoms. The Morgan fingerprint density at radius 3 is 2.29 bits per heavy atom. The Balaban J connectivity index is 2.29. The number of hydrogen-bond acceptors (Lipinski definition) is 5. The van der Waals surface area contributed by atoms with E-state index in [-0.39, 0.29) is 21.9 Å². The molecule has 0 saturated heterocycles. The summed E-state index contributed by atoms with van der Waals surface area (Å²) in [4.78, 5) is 10.5. The fourth-order valence-electron chi connectivity index (χ4n) is 1.55. The number of anilines is 1. The standard InChI is InChI=1S/C13H10BrNO5S/c14-11-7-9(3-6-12(11)16)15-21(19,20)10-4-1-8(2-5-10)13(17)18/h1-7,15-16H,(H,17,18)/p-1. The lowest BCUT2D eigenvalue weighted by Gasteiger charge is -2.10. The number of hydrogen-bond donors (Lipinski definition) is 2. The Morgan fingerprint density at radius 1 is 1.14 bits per heavy atom. The number of carbonyl (C=O) groups is 1. The first kappa shape index (κ1) is 15.3. The van der Waals surface area contributed by atoms with E-state index in [9.17, 15) is 23.4 Å². The molecule has 0 heterocycles. The third kappa shape index (κ3) is 3.53. The molecule has 0 atom stereocenters. The molecule has 21 heavy (non-hydrogen) atoms. The van der Waals surface area contributed by atoms with Crippen molar-refractivity contribution in [3.05, 3.63) is 52.5 Å². The average Bonchev–Trinajstić information content (AvgIpc) is 2.43. The minimum Gasteiger partial charge on any atom is -0.545 e. The molecular formula is C13H9BrNO5S-. The van der Waals surface area contributed by atoms with Gasteiger partial charge in [0.25, 0.3) is 10.0 Å². The number of nitrogens with one attached hydrogen (secondary N) is 1. The highest BCUT2D eigenvalue weighted by Gasteiger charge is 2.14. The Labute approximate surface area is 129 Å². The van der Waals surface area contributed by atoms with Crippen molar-refractivity contribution in [2.45, 2.75) is 4.90 Å². The molecule has 0 amide bonds. The minimum atomic E-state index is -3.85. The zero-order chi connectivity index (χ0) is 15.6. The van der Waals surface area contributed by atoms with E-state index in [0.29, 0.717) is 4.47 Å². The molecule has 0 unspecified atom stereocenters. The van der Waals surface area contributed by atoms with Gasteiger partial charge in [-0.2, -0.15) is 0 Å². The van der Waals surface area contributed by atoms with Crippen molar-refractivity contribution in [2.75, 3.05) is 4.72 Å². The van der Waals surface area contributed by atoms with Crippen molar-refractivity contribution in [1.82, 2.24) is 0 Å². The summed E-state index contributed by atoms with van der Waals surface area (Å²) < 4.78 is 26.9. The number of carbonyl (C=O) groups excluding carboxylic acids is 1. The maximum absolute atomic E-state index is 12.1. The summed E-state index contributed by atoms with van der Waals surface area (Å²) in [5, 5.41) is 20.0. The zero-order valence-corrected chi connectivity index (χ0v) is 12.8. The van der Waals surface area contributed by atoms with E-state index in [0.717, 1.165) is 12.1 Å². The van der Waals surface area contributed by atoms with Gasteiger partial charge in [-0.3, -0.25) is 4.72 Å². The van der Waals surface area contributed by atoms with Crippen LogP contribution < -0.4 is 9.83 Å². The number of phenolic OH excluding ortho intramolecular Hbond substituents is 1. The third-order valence-corrected chi connectivity index (χ3v) is 4.63. The van der Waals surface area contributed by atoms with Crippen LogP contribution in [0.5, 0.6) is 5.75 Å². The van der Waals surface area contributed by atoms with Gasteiger partial charge >= 0.3 is 0 Å². The van der Waals surface area contributed by atoms with Crippen LogP contribution in [0.25, 0.3) is 0 Å². The van der Waals surface area contributed by atoms with Crippen LogP contribution in [0.3, 0.4) is 0 Å². The van der Waals surface area contributed by atoms with E-state index < -0.39 is 16.0 Å². The number of aromatic hydroxyl groups is 1. The predicted octanol–water partition coefficient (Wildman–Crippen LogP) is 1.32. The van der Waals surface area contributed by atoms with E-state index in [4.69, 9.17) is 0 Å². The molecular weight excluding hydrogens is 362 g/mol. The van der Waals surface area contributed by atoms with Gasteiger partial charge in [-0.15, -0.1) is 0 Å². The minimum absolute atomic E-state index is 0.0174. The molecule has 0 fully saturated rings. The molecule has 2 aromatic carbocycles. The first-order valence-electron chi connectivity index (χ1n) is 5.62. The van der Waals surface area contributed by atoms with Gasteiger partial charge in [-0.25, -0.2) is 8.42 Å². The van der Waals surface area contributed by atoms with E-state index in [1.165, 1.54) is 30.3 Å². The highest BCUT2D eigenvalue weighted by Crippen LogP contribution is 2.27. The number of carboxylic acid groups (broad SMARTS) is 1. The molecule has 0 radical (unpaired) electrons.